The van der Waals surface area contributed by atoms with Gasteiger partial charge in [0.1, 0.15) is 0 Å². The molecule has 6 heteroatoms. The number of anilines is 1. The van der Waals surface area contributed by atoms with Crippen molar-refractivity contribution in [3.05, 3.63) is 17.3 Å². The summed E-state index contributed by atoms with van der Waals surface area (Å²) in [7, 11) is 1.83. The molecule has 2 heterocycles. The lowest BCUT2D eigenvalue weighted by Crippen LogP contribution is -2.19. The fraction of sp³-hybridized carbons (Fsp3) is 0.333. The Morgan fingerprint density at radius 3 is 3.07 bits per heavy atom. The first-order valence-electron chi connectivity index (χ1n) is 4.55. The quantitative estimate of drug-likeness (QED) is 0.861. The first kappa shape index (κ1) is 9.97. The van der Waals surface area contributed by atoms with E-state index in [-0.39, 0.29) is 5.69 Å². The standard InChI is InChI=1S/C9H11N3O2S/c1-3-11(2)7-6(8(13)14)12-4-5-15-9(12)10-7/h4-5H,3H2,1-2H3,(H,13,14). The largest absolute Gasteiger partial charge is 0.476 e. The highest BCUT2D eigenvalue weighted by Gasteiger charge is 2.21. The predicted molar refractivity (Wildman–Crippen MR) is 59.0 cm³/mol. The number of hydrogen-bond acceptors (Lipinski definition) is 4. The van der Waals surface area contributed by atoms with E-state index in [2.05, 4.69) is 4.98 Å². The summed E-state index contributed by atoms with van der Waals surface area (Å²) in [6.45, 7) is 2.68. The summed E-state index contributed by atoms with van der Waals surface area (Å²) in [6.07, 6.45) is 1.73. The van der Waals surface area contributed by atoms with Gasteiger partial charge in [-0.05, 0) is 6.92 Å². The summed E-state index contributed by atoms with van der Waals surface area (Å²) in [5, 5.41) is 11.0. The van der Waals surface area contributed by atoms with Gasteiger partial charge in [-0.3, -0.25) is 4.40 Å². The van der Waals surface area contributed by atoms with Crippen molar-refractivity contribution in [1.29, 1.82) is 0 Å². The highest BCUT2D eigenvalue weighted by Crippen LogP contribution is 2.23. The van der Waals surface area contributed by atoms with Crippen molar-refractivity contribution >= 4 is 28.1 Å². The second kappa shape index (κ2) is 3.54. The van der Waals surface area contributed by atoms with Gasteiger partial charge in [0.05, 0.1) is 0 Å². The molecule has 80 valence electrons. The minimum Gasteiger partial charge on any atom is -0.476 e. The summed E-state index contributed by atoms with van der Waals surface area (Å²) in [4.78, 5) is 18.0. The fourth-order valence-corrected chi connectivity index (χ4v) is 2.10. The van der Waals surface area contributed by atoms with Gasteiger partial charge in [-0.25, -0.2) is 9.78 Å². The van der Waals surface area contributed by atoms with Crippen LogP contribution in [0.3, 0.4) is 0 Å². The Morgan fingerprint density at radius 1 is 1.73 bits per heavy atom. The van der Waals surface area contributed by atoms with Gasteiger partial charge in [-0.15, -0.1) is 11.3 Å². The molecule has 0 bridgehead atoms. The maximum atomic E-state index is 11.1. The van der Waals surface area contributed by atoms with E-state index in [0.29, 0.717) is 10.8 Å². The number of fused-ring (bicyclic) bond motifs is 1. The highest BCUT2D eigenvalue weighted by molar-refractivity contribution is 7.15. The minimum atomic E-state index is -0.948. The molecule has 0 spiro atoms. The number of carbonyl (C=O) groups is 1. The molecule has 5 nitrogen and oxygen atoms in total. The van der Waals surface area contributed by atoms with Crippen LogP contribution in [0.1, 0.15) is 17.4 Å². The van der Waals surface area contributed by atoms with E-state index in [1.165, 1.54) is 11.3 Å². The molecule has 1 N–H and O–H groups in total. The van der Waals surface area contributed by atoms with Gasteiger partial charge in [0.2, 0.25) is 0 Å². The number of hydrogen-bond donors (Lipinski definition) is 1. The Labute approximate surface area is 90.6 Å². The Bertz CT molecular complexity index is 502. The van der Waals surface area contributed by atoms with Gasteiger partial charge in [0, 0.05) is 25.2 Å². The molecule has 0 radical (unpaired) electrons. The van der Waals surface area contributed by atoms with E-state index in [0.717, 1.165) is 6.54 Å². The molecule has 2 aromatic rings. The highest BCUT2D eigenvalue weighted by atomic mass is 32.1. The molecule has 0 aliphatic carbocycles. The van der Waals surface area contributed by atoms with E-state index in [1.54, 1.807) is 10.6 Å². The van der Waals surface area contributed by atoms with Crippen LogP contribution in [-0.4, -0.2) is 34.1 Å². The third-order valence-corrected chi connectivity index (χ3v) is 3.04. The van der Waals surface area contributed by atoms with Crippen molar-refractivity contribution in [1.82, 2.24) is 9.38 Å². The summed E-state index contributed by atoms with van der Waals surface area (Å²) in [5.41, 5.74) is 0.232. The van der Waals surface area contributed by atoms with E-state index in [9.17, 15) is 4.79 Å². The summed E-state index contributed by atoms with van der Waals surface area (Å²) in [6, 6.07) is 0. The fourth-order valence-electron chi connectivity index (χ4n) is 1.39. The topological polar surface area (TPSA) is 57.8 Å². The lowest BCUT2D eigenvalue weighted by Gasteiger charge is -2.13. The number of imidazole rings is 1. The third-order valence-electron chi connectivity index (χ3n) is 2.28. The van der Waals surface area contributed by atoms with E-state index >= 15 is 0 Å². The number of thiazole rings is 1. The number of nitrogens with zero attached hydrogens (tertiary/aromatic N) is 3. The van der Waals surface area contributed by atoms with Gasteiger partial charge >= 0.3 is 5.97 Å². The summed E-state index contributed by atoms with van der Waals surface area (Å²) in [5.74, 6) is -0.423. The normalized spacial score (nSPS) is 10.8. The first-order chi connectivity index (χ1) is 7.15. The van der Waals surface area contributed by atoms with Crippen LogP contribution >= 0.6 is 11.3 Å². The summed E-state index contributed by atoms with van der Waals surface area (Å²) >= 11 is 1.43. The van der Waals surface area contributed by atoms with E-state index < -0.39 is 5.97 Å². The molecule has 15 heavy (non-hydrogen) atoms. The average molecular weight is 225 g/mol. The maximum absolute atomic E-state index is 11.1. The van der Waals surface area contributed by atoms with Crippen LogP contribution in [0.5, 0.6) is 0 Å². The molecule has 2 aromatic heterocycles. The monoisotopic (exact) mass is 225 g/mol. The lowest BCUT2D eigenvalue weighted by atomic mass is 10.4. The number of rotatable bonds is 3. The zero-order valence-electron chi connectivity index (χ0n) is 8.47. The van der Waals surface area contributed by atoms with Gasteiger partial charge in [-0.1, -0.05) is 0 Å². The molecule has 0 aliphatic heterocycles. The molecule has 0 saturated heterocycles. The van der Waals surface area contributed by atoms with Crippen LogP contribution in [0.4, 0.5) is 5.82 Å². The smallest absolute Gasteiger partial charge is 0.356 e. The Kier molecular flexibility index (Phi) is 2.36. The van der Waals surface area contributed by atoms with E-state index in [1.807, 2.05) is 24.3 Å². The Hall–Kier alpha value is -1.56. The van der Waals surface area contributed by atoms with Crippen LogP contribution in [0.25, 0.3) is 4.96 Å². The molecule has 0 saturated carbocycles. The average Bonchev–Trinajstić information content (AvgIpc) is 2.73. The Balaban J connectivity index is 2.67. The number of aromatic nitrogens is 2. The molecule has 0 unspecified atom stereocenters. The number of aromatic carboxylic acids is 1. The van der Waals surface area contributed by atoms with Gasteiger partial charge < -0.3 is 10.0 Å². The van der Waals surface area contributed by atoms with Gasteiger partial charge in [-0.2, -0.15) is 0 Å². The van der Waals surface area contributed by atoms with Crippen LogP contribution in [0, 0.1) is 0 Å². The van der Waals surface area contributed by atoms with Crippen molar-refractivity contribution < 1.29 is 9.90 Å². The zero-order chi connectivity index (χ0) is 11.0. The molecule has 0 aliphatic rings. The molecule has 0 atom stereocenters. The summed E-state index contributed by atoms with van der Waals surface area (Å²) < 4.78 is 1.61. The predicted octanol–water partition coefficient (Wildman–Crippen LogP) is 1.55. The Morgan fingerprint density at radius 2 is 2.47 bits per heavy atom. The second-order valence-electron chi connectivity index (χ2n) is 3.16. The maximum Gasteiger partial charge on any atom is 0.356 e. The van der Waals surface area contributed by atoms with Crippen molar-refractivity contribution in [2.45, 2.75) is 6.92 Å². The molecular weight excluding hydrogens is 214 g/mol. The minimum absolute atomic E-state index is 0.232. The third kappa shape index (κ3) is 1.46. The second-order valence-corrected chi connectivity index (χ2v) is 4.03. The van der Waals surface area contributed by atoms with Crippen LogP contribution in [0.2, 0.25) is 0 Å². The van der Waals surface area contributed by atoms with Crippen molar-refractivity contribution in [2.24, 2.45) is 0 Å². The lowest BCUT2D eigenvalue weighted by molar-refractivity contribution is 0.0690. The molecule has 0 fully saturated rings. The molecule has 0 amide bonds. The van der Waals surface area contributed by atoms with E-state index in [4.69, 9.17) is 5.11 Å². The molecule has 0 aromatic carbocycles. The molecule has 2 rings (SSSR count). The SMILES string of the molecule is CCN(C)c1nc2sccn2c1C(=O)O. The number of carboxylic acid groups (broad SMARTS) is 1. The van der Waals surface area contributed by atoms with Crippen molar-refractivity contribution in [3.8, 4) is 0 Å². The van der Waals surface area contributed by atoms with Crippen LogP contribution in [-0.2, 0) is 0 Å². The van der Waals surface area contributed by atoms with Crippen LogP contribution in [0.15, 0.2) is 11.6 Å². The zero-order valence-corrected chi connectivity index (χ0v) is 9.28. The first-order valence-corrected chi connectivity index (χ1v) is 5.43. The number of carboxylic acids is 1. The van der Waals surface area contributed by atoms with Gasteiger partial charge in [0.25, 0.3) is 0 Å². The van der Waals surface area contributed by atoms with Crippen molar-refractivity contribution in [3.63, 3.8) is 0 Å². The van der Waals surface area contributed by atoms with Crippen molar-refractivity contribution in [2.75, 3.05) is 18.5 Å². The molecular formula is C9H11N3O2S. The van der Waals surface area contributed by atoms with Crippen LogP contribution < -0.4 is 4.90 Å². The van der Waals surface area contributed by atoms with Gasteiger partial charge in [0.15, 0.2) is 16.5 Å².